The number of aliphatic hydroxyl groups is 1. The summed E-state index contributed by atoms with van der Waals surface area (Å²) in [4.78, 5) is 1.88. The Morgan fingerprint density at radius 3 is 2.46 bits per heavy atom. The highest BCUT2D eigenvalue weighted by atomic mass is 32.2. The molecule has 3 nitrogen and oxygen atoms in total. The molecule has 13 heavy (non-hydrogen) atoms. The molecule has 1 aliphatic rings. The number of alkyl halides is 1. The fourth-order valence-corrected chi connectivity index (χ4v) is 2.62. The maximum Gasteiger partial charge on any atom is 0.115 e. The van der Waals surface area contributed by atoms with E-state index in [0.29, 0.717) is 24.6 Å². The fraction of sp³-hybridized carbons (Fsp3) is 1.00. The van der Waals surface area contributed by atoms with Crippen molar-refractivity contribution < 1.29 is 13.7 Å². The van der Waals surface area contributed by atoms with Gasteiger partial charge in [-0.25, -0.2) is 4.39 Å². The Hall–Kier alpha value is -0.0000000000000000555. The Bertz CT molecular complexity index is 179. The topological polar surface area (TPSA) is 40.5 Å². The molecule has 5 heteroatoms. The first kappa shape index (κ1) is 11.1. The summed E-state index contributed by atoms with van der Waals surface area (Å²) in [7, 11) is -0.738. The van der Waals surface area contributed by atoms with E-state index in [-0.39, 0.29) is 6.61 Å². The highest BCUT2D eigenvalue weighted by Gasteiger charge is 2.26. The lowest BCUT2D eigenvalue weighted by Crippen LogP contribution is -2.49. The maximum atomic E-state index is 13.0. The van der Waals surface area contributed by atoms with Crippen LogP contribution in [0.2, 0.25) is 0 Å². The van der Waals surface area contributed by atoms with E-state index in [1.54, 1.807) is 0 Å². The Morgan fingerprint density at radius 2 is 2.08 bits per heavy atom. The van der Waals surface area contributed by atoms with Crippen LogP contribution >= 0.6 is 0 Å². The third kappa shape index (κ3) is 3.00. The lowest BCUT2D eigenvalue weighted by Gasteiger charge is -2.33. The van der Waals surface area contributed by atoms with E-state index in [1.807, 2.05) is 4.90 Å². The molecule has 1 rings (SSSR count). The summed E-state index contributed by atoms with van der Waals surface area (Å²) in [5.41, 5.74) is 0. The first-order valence-electron chi connectivity index (χ1n) is 4.49. The number of halogens is 1. The highest BCUT2D eigenvalue weighted by Crippen LogP contribution is 2.10. The second kappa shape index (κ2) is 5.02. The second-order valence-corrected chi connectivity index (χ2v) is 5.01. The molecule has 0 aromatic heterocycles. The van der Waals surface area contributed by atoms with Gasteiger partial charge in [0.25, 0.3) is 0 Å². The number of rotatable bonds is 3. The average molecular weight is 209 g/mol. The SMILES string of the molecule is CC(F)C(CO)N1CCS(=O)CC1. The van der Waals surface area contributed by atoms with Crippen molar-refractivity contribution in [3.63, 3.8) is 0 Å². The van der Waals surface area contributed by atoms with Gasteiger partial charge in [0.05, 0.1) is 12.6 Å². The molecule has 0 aromatic carbocycles. The van der Waals surface area contributed by atoms with E-state index < -0.39 is 23.0 Å². The van der Waals surface area contributed by atoms with Crippen LogP contribution < -0.4 is 0 Å². The zero-order valence-electron chi connectivity index (χ0n) is 7.78. The number of nitrogens with zero attached hydrogens (tertiary/aromatic N) is 1. The molecule has 0 bridgehead atoms. The lowest BCUT2D eigenvalue weighted by molar-refractivity contribution is 0.0741. The summed E-state index contributed by atoms with van der Waals surface area (Å²) in [5.74, 6) is 1.20. The van der Waals surface area contributed by atoms with Crippen LogP contribution in [-0.4, -0.2) is 57.6 Å². The third-order valence-corrected chi connectivity index (χ3v) is 3.67. The molecule has 1 N–H and O–H groups in total. The zero-order chi connectivity index (χ0) is 9.84. The van der Waals surface area contributed by atoms with Gasteiger partial charge in [-0.1, -0.05) is 0 Å². The van der Waals surface area contributed by atoms with Crippen LogP contribution in [0.25, 0.3) is 0 Å². The van der Waals surface area contributed by atoms with E-state index >= 15 is 0 Å². The van der Waals surface area contributed by atoms with Crippen LogP contribution in [-0.2, 0) is 10.8 Å². The lowest BCUT2D eigenvalue weighted by atomic mass is 10.2. The second-order valence-electron chi connectivity index (χ2n) is 3.31. The summed E-state index contributed by atoms with van der Waals surface area (Å²) >= 11 is 0. The summed E-state index contributed by atoms with van der Waals surface area (Å²) in [6.07, 6.45) is -1.03. The van der Waals surface area contributed by atoms with E-state index in [0.717, 1.165) is 0 Å². The van der Waals surface area contributed by atoms with E-state index in [4.69, 9.17) is 5.11 Å². The molecule has 78 valence electrons. The zero-order valence-corrected chi connectivity index (χ0v) is 8.60. The third-order valence-electron chi connectivity index (χ3n) is 2.40. The molecular formula is C8H16FNO2S. The minimum atomic E-state index is -1.03. The highest BCUT2D eigenvalue weighted by molar-refractivity contribution is 7.85. The van der Waals surface area contributed by atoms with Crippen molar-refractivity contribution >= 4 is 10.8 Å². The maximum absolute atomic E-state index is 13.0. The van der Waals surface area contributed by atoms with Crippen molar-refractivity contribution in [2.45, 2.75) is 19.1 Å². The molecule has 0 radical (unpaired) electrons. The average Bonchev–Trinajstić information content (AvgIpc) is 2.09. The van der Waals surface area contributed by atoms with Gasteiger partial charge >= 0.3 is 0 Å². The van der Waals surface area contributed by atoms with Crippen LogP contribution in [0.4, 0.5) is 4.39 Å². The summed E-state index contributed by atoms with van der Waals surface area (Å²) < 4.78 is 24.0. The Morgan fingerprint density at radius 1 is 1.54 bits per heavy atom. The van der Waals surface area contributed by atoms with Crippen LogP contribution in [0.5, 0.6) is 0 Å². The van der Waals surface area contributed by atoms with Gasteiger partial charge in [-0.3, -0.25) is 9.11 Å². The van der Waals surface area contributed by atoms with Gasteiger partial charge in [0.1, 0.15) is 6.17 Å². The van der Waals surface area contributed by atoms with Gasteiger partial charge in [0.15, 0.2) is 0 Å². The van der Waals surface area contributed by atoms with E-state index in [9.17, 15) is 8.60 Å². The predicted molar refractivity (Wildman–Crippen MR) is 50.9 cm³/mol. The first-order chi connectivity index (χ1) is 6.15. The van der Waals surface area contributed by atoms with Gasteiger partial charge in [-0.2, -0.15) is 0 Å². The predicted octanol–water partition coefficient (Wildman–Crippen LogP) is -0.230. The van der Waals surface area contributed by atoms with E-state index in [2.05, 4.69) is 0 Å². The first-order valence-corrected chi connectivity index (χ1v) is 5.98. The van der Waals surface area contributed by atoms with Crippen LogP contribution in [0.3, 0.4) is 0 Å². The molecule has 1 aliphatic heterocycles. The normalized spacial score (nSPS) is 25.8. The number of hydrogen-bond donors (Lipinski definition) is 1. The van der Waals surface area contributed by atoms with Crippen molar-refractivity contribution in [1.82, 2.24) is 4.90 Å². The monoisotopic (exact) mass is 209 g/mol. The smallest absolute Gasteiger partial charge is 0.115 e. The standard InChI is InChI=1S/C8H16FNO2S/c1-7(9)8(6-11)10-2-4-13(12)5-3-10/h7-8,11H,2-6H2,1H3. The largest absolute Gasteiger partial charge is 0.395 e. The van der Waals surface area contributed by atoms with Crippen molar-refractivity contribution in [2.75, 3.05) is 31.2 Å². The molecule has 0 saturated carbocycles. The molecule has 0 amide bonds. The van der Waals surface area contributed by atoms with E-state index in [1.165, 1.54) is 6.92 Å². The Balaban J connectivity index is 2.46. The molecule has 1 saturated heterocycles. The minimum Gasteiger partial charge on any atom is -0.395 e. The Kier molecular flexibility index (Phi) is 4.28. The van der Waals surface area contributed by atoms with Crippen molar-refractivity contribution in [2.24, 2.45) is 0 Å². The summed E-state index contributed by atoms with van der Waals surface area (Å²) in [6.45, 7) is 2.55. The van der Waals surface area contributed by atoms with Gasteiger partial charge in [0, 0.05) is 35.4 Å². The van der Waals surface area contributed by atoms with Gasteiger partial charge in [0.2, 0.25) is 0 Å². The molecular weight excluding hydrogens is 193 g/mol. The van der Waals surface area contributed by atoms with Crippen LogP contribution in [0.15, 0.2) is 0 Å². The fourth-order valence-electron chi connectivity index (χ4n) is 1.53. The minimum absolute atomic E-state index is 0.162. The summed E-state index contributed by atoms with van der Waals surface area (Å²) in [6, 6.07) is -0.419. The van der Waals surface area contributed by atoms with Crippen molar-refractivity contribution in [1.29, 1.82) is 0 Å². The molecule has 2 atom stereocenters. The van der Waals surface area contributed by atoms with Gasteiger partial charge < -0.3 is 5.11 Å². The molecule has 0 aliphatic carbocycles. The molecule has 0 spiro atoms. The number of aliphatic hydroxyl groups excluding tert-OH is 1. The van der Waals surface area contributed by atoms with Crippen LogP contribution in [0.1, 0.15) is 6.92 Å². The molecule has 1 heterocycles. The van der Waals surface area contributed by atoms with Crippen LogP contribution in [0, 0.1) is 0 Å². The summed E-state index contributed by atoms with van der Waals surface area (Å²) in [5, 5.41) is 8.96. The molecule has 1 fully saturated rings. The molecule has 0 aromatic rings. The van der Waals surface area contributed by atoms with Crippen molar-refractivity contribution in [3.8, 4) is 0 Å². The van der Waals surface area contributed by atoms with Crippen molar-refractivity contribution in [3.05, 3.63) is 0 Å². The Labute approximate surface area is 80.4 Å². The molecule has 2 unspecified atom stereocenters. The number of hydrogen-bond acceptors (Lipinski definition) is 3. The van der Waals surface area contributed by atoms with Gasteiger partial charge in [-0.15, -0.1) is 0 Å². The quantitative estimate of drug-likeness (QED) is 0.698. The van der Waals surface area contributed by atoms with Gasteiger partial charge in [-0.05, 0) is 6.92 Å².